The maximum atomic E-state index is 6.27. The van der Waals surface area contributed by atoms with E-state index in [4.69, 9.17) is 11.6 Å². The second-order valence-corrected chi connectivity index (χ2v) is 7.50. The van der Waals surface area contributed by atoms with E-state index in [1.54, 1.807) is 6.20 Å². The molecule has 2 heterocycles. The summed E-state index contributed by atoms with van der Waals surface area (Å²) in [5.74, 6) is 2.50. The van der Waals surface area contributed by atoms with E-state index in [2.05, 4.69) is 55.9 Å². The van der Waals surface area contributed by atoms with Crippen LogP contribution in [-0.4, -0.2) is 23.6 Å². The Labute approximate surface area is 127 Å². The van der Waals surface area contributed by atoms with Gasteiger partial charge in [0.15, 0.2) is 0 Å². The van der Waals surface area contributed by atoms with E-state index in [1.807, 2.05) is 0 Å². The molecule has 4 heteroatoms. The molecule has 1 aliphatic rings. The minimum Gasteiger partial charge on any atom is -0.356 e. The van der Waals surface area contributed by atoms with Crippen molar-refractivity contribution in [2.45, 2.75) is 46.7 Å². The van der Waals surface area contributed by atoms with Crippen LogP contribution in [0.2, 0.25) is 5.02 Å². The van der Waals surface area contributed by atoms with Crippen molar-refractivity contribution in [2.75, 3.05) is 18.0 Å². The normalized spacial score (nSPS) is 23.4. The van der Waals surface area contributed by atoms with Gasteiger partial charge in [-0.05, 0) is 44.2 Å². The van der Waals surface area contributed by atoms with Crippen LogP contribution in [0.15, 0.2) is 12.3 Å². The lowest BCUT2D eigenvalue weighted by Crippen LogP contribution is -2.35. The summed E-state index contributed by atoms with van der Waals surface area (Å²) in [6.45, 7) is 14.0. The molecule has 0 radical (unpaired) electrons. The summed E-state index contributed by atoms with van der Waals surface area (Å²) in [5, 5.41) is 4.23. The second kappa shape index (κ2) is 5.90. The van der Waals surface area contributed by atoms with Crippen LogP contribution in [0.25, 0.3) is 0 Å². The van der Waals surface area contributed by atoms with Gasteiger partial charge in [-0.15, -0.1) is 0 Å². The fraction of sp³-hybridized carbons (Fsp3) is 0.688. The average Bonchev–Trinajstić information content (AvgIpc) is 2.67. The molecule has 1 fully saturated rings. The van der Waals surface area contributed by atoms with Crippen molar-refractivity contribution in [3.63, 3.8) is 0 Å². The van der Waals surface area contributed by atoms with E-state index in [-0.39, 0.29) is 5.54 Å². The largest absolute Gasteiger partial charge is 0.356 e. The van der Waals surface area contributed by atoms with Crippen molar-refractivity contribution in [2.24, 2.45) is 11.8 Å². The third-order valence-corrected chi connectivity index (χ3v) is 4.38. The Balaban J connectivity index is 2.12. The van der Waals surface area contributed by atoms with Crippen LogP contribution in [0.3, 0.4) is 0 Å². The number of aromatic nitrogens is 1. The molecule has 3 nitrogen and oxygen atoms in total. The highest BCUT2D eigenvalue weighted by Gasteiger charge is 2.27. The molecule has 20 heavy (non-hydrogen) atoms. The molecule has 0 amide bonds. The third-order valence-electron chi connectivity index (χ3n) is 4.04. The summed E-state index contributed by atoms with van der Waals surface area (Å²) in [4.78, 5) is 6.87. The summed E-state index contributed by atoms with van der Waals surface area (Å²) < 4.78 is 0. The highest BCUT2D eigenvalue weighted by atomic mass is 35.5. The molecule has 0 spiro atoms. The molecule has 0 aromatic carbocycles. The maximum absolute atomic E-state index is 6.27. The Morgan fingerprint density at radius 2 is 1.90 bits per heavy atom. The molecule has 1 aromatic rings. The predicted octanol–water partition coefficient (Wildman–Crippen LogP) is 3.72. The van der Waals surface area contributed by atoms with E-state index in [9.17, 15) is 0 Å². The Bertz CT molecular complexity index is 457. The lowest BCUT2D eigenvalue weighted by atomic mass is 10.0. The summed E-state index contributed by atoms with van der Waals surface area (Å²) in [6, 6.07) is 2.13. The number of hydrogen-bond acceptors (Lipinski definition) is 3. The van der Waals surface area contributed by atoms with Gasteiger partial charge in [0, 0.05) is 31.4 Å². The van der Waals surface area contributed by atoms with Crippen molar-refractivity contribution >= 4 is 17.4 Å². The van der Waals surface area contributed by atoms with Gasteiger partial charge in [-0.1, -0.05) is 25.4 Å². The Morgan fingerprint density at radius 3 is 2.45 bits per heavy atom. The number of halogens is 1. The van der Waals surface area contributed by atoms with E-state index in [0.717, 1.165) is 47.9 Å². The van der Waals surface area contributed by atoms with Crippen LogP contribution in [0, 0.1) is 11.8 Å². The first-order chi connectivity index (χ1) is 9.26. The summed E-state index contributed by atoms with van der Waals surface area (Å²) >= 11 is 6.27. The van der Waals surface area contributed by atoms with Crippen molar-refractivity contribution in [3.05, 3.63) is 22.8 Å². The van der Waals surface area contributed by atoms with Crippen molar-refractivity contribution in [1.82, 2.24) is 10.3 Å². The fourth-order valence-electron chi connectivity index (χ4n) is 2.45. The molecule has 2 unspecified atom stereocenters. The Kier molecular flexibility index (Phi) is 4.60. The van der Waals surface area contributed by atoms with Crippen molar-refractivity contribution < 1.29 is 0 Å². The Morgan fingerprint density at radius 1 is 1.30 bits per heavy atom. The highest BCUT2D eigenvalue weighted by molar-refractivity contribution is 6.31. The number of hydrogen-bond donors (Lipinski definition) is 1. The zero-order valence-corrected chi connectivity index (χ0v) is 14.0. The summed E-state index contributed by atoms with van der Waals surface area (Å²) in [5.41, 5.74) is 1.21. The lowest BCUT2D eigenvalue weighted by Gasteiger charge is -2.22. The van der Waals surface area contributed by atoms with Gasteiger partial charge in [0.05, 0.1) is 5.02 Å². The number of nitrogens with one attached hydrogen (secondary N) is 1. The molecule has 1 saturated heterocycles. The average molecular weight is 296 g/mol. The molecule has 0 aliphatic carbocycles. The van der Waals surface area contributed by atoms with Gasteiger partial charge in [0.25, 0.3) is 0 Å². The van der Waals surface area contributed by atoms with Crippen LogP contribution in [0.4, 0.5) is 5.82 Å². The topological polar surface area (TPSA) is 28.2 Å². The monoisotopic (exact) mass is 295 g/mol. The van der Waals surface area contributed by atoms with Crippen LogP contribution >= 0.6 is 11.6 Å². The Hall–Kier alpha value is -0.800. The van der Waals surface area contributed by atoms with Crippen LogP contribution in [0.5, 0.6) is 0 Å². The van der Waals surface area contributed by atoms with Gasteiger partial charge in [0.1, 0.15) is 5.82 Å². The van der Waals surface area contributed by atoms with E-state index < -0.39 is 0 Å². The highest BCUT2D eigenvalue weighted by Crippen LogP contribution is 2.28. The third kappa shape index (κ3) is 3.86. The molecular weight excluding hydrogens is 270 g/mol. The van der Waals surface area contributed by atoms with Crippen LogP contribution in [0.1, 0.15) is 40.2 Å². The first-order valence-corrected chi connectivity index (χ1v) is 7.78. The van der Waals surface area contributed by atoms with Gasteiger partial charge in [-0.2, -0.15) is 0 Å². The molecule has 2 atom stereocenters. The van der Waals surface area contributed by atoms with Gasteiger partial charge >= 0.3 is 0 Å². The van der Waals surface area contributed by atoms with E-state index >= 15 is 0 Å². The smallest absolute Gasteiger partial charge is 0.128 e. The number of anilines is 1. The zero-order chi connectivity index (χ0) is 14.9. The molecule has 1 aromatic heterocycles. The van der Waals surface area contributed by atoms with Crippen molar-refractivity contribution in [1.29, 1.82) is 0 Å². The predicted molar refractivity (Wildman–Crippen MR) is 86.4 cm³/mol. The second-order valence-electron chi connectivity index (χ2n) is 7.10. The molecule has 2 rings (SSSR count). The van der Waals surface area contributed by atoms with Crippen LogP contribution < -0.4 is 10.2 Å². The first-order valence-electron chi connectivity index (χ1n) is 7.40. The van der Waals surface area contributed by atoms with Crippen molar-refractivity contribution in [3.8, 4) is 0 Å². The van der Waals surface area contributed by atoms with E-state index in [1.165, 1.54) is 0 Å². The van der Waals surface area contributed by atoms with Gasteiger partial charge < -0.3 is 10.2 Å². The summed E-state index contributed by atoms with van der Waals surface area (Å²) in [6.07, 6.45) is 1.78. The maximum Gasteiger partial charge on any atom is 0.128 e. The molecule has 0 bridgehead atoms. The quantitative estimate of drug-likeness (QED) is 0.921. The standard InChI is InChI=1S/C16H26ClN3/c1-11-9-20(10-12(11)2)15-6-13(14(17)8-18-15)7-19-16(3,4)5/h6,8,11-12,19H,7,9-10H2,1-5H3. The SMILES string of the molecule is CC1CN(c2cc(CNC(C)(C)C)c(Cl)cn2)CC1C. The molecule has 1 N–H and O–H groups in total. The molecular formula is C16H26ClN3. The number of rotatable bonds is 3. The molecule has 0 saturated carbocycles. The summed E-state index contributed by atoms with van der Waals surface area (Å²) in [7, 11) is 0. The van der Waals surface area contributed by atoms with Gasteiger partial charge in [-0.3, -0.25) is 0 Å². The first kappa shape index (κ1) is 15.6. The number of nitrogens with zero attached hydrogens (tertiary/aromatic N) is 2. The lowest BCUT2D eigenvalue weighted by molar-refractivity contribution is 0.424. The molecule has 112 valence electrons. The van der Waals surface area contributed by atoms with Gasteiger partial charge in [-0.25, -0.2) is 4.98 Å². The zero-order valence-electron chi connectivity index (χ0n) is 13.2. The van der Waals surface area contributed by atoms with Crippen LogP contribution in [-0.2, 0) is 6.54 Å². The fourth-order valence-corrected chi connectivity index (χ4v) is 2.62. The minimum atomic E-state index is 0.0867. The van der Waals surface area contributed by atoms with E-state index in [0.29, 0.717) is 0 Å². The minimum absolute atomic E-state index is 0.0867. The molecule has 1 aliphatic heterocycles. The van der Waals surface area contributed by atoms with Gasteiger partial charge in [0.2, 0.25) is 0 Å². The number of pyridine rings is 1.